The van der Waals surface area contributed by atoms with Crippen molar-refractivity contribution < 1.29 is 4.80 Å². The van der Waals surface area contributed by atoms with E-state index in [4.69, 9.17) is 0 Å². The molecule has 1 nitrogen and oxygen atoms in total. The Kier molecular flexibility index (Phi) is 3.39. The minimum absolute atomic E-state index is 1.10. The minimum Gasteiger partial charge on any atom is -0.424 e. The van der Waals surface area contributed by atoms with Crippen LogP contribution >= 0.6 is 0 Å². The minimum atomic E-state index is -1.44. The number of aryl methyl sites for hydroxylation is 1. The third-order valence-electron chi connectivity index (χ3n) is 3.00. The van der Waals surface area contributed by atoms with Crippen molar-refractivity contribution in [3.05, 3.63) is 41.1 Å². The van der Waals surface area contributed by atoms with Crippen molar-refractivity contribution in [1.82, 2.24) is 0 Å². The van der Waals surface area contributed by atoms with Crippen molar-refractivity contribution in [3.8, 4) is 0 Å². The fourth-order valence-corrected chi connectivity index (χ4v) is 3.87. The van der Waals surface area contributed by atoms with Crippen molar-refractivity contribution in [2.24, 2.45) is 0 Å². The first kappa shape index (κ1) is 10.6. The lowest BCUT2D eigenvalue weighted by atomic mass is 10.1. The lowest BCUT2D eigenvalue weighted by Crippen LogP contribution is -2.35. The zero-order valence-corrected chi connectivity index (χ0v) is 10.2. The van der Waals surface area contributed by atoms with Gasteiger partial charge in [0, 0.05) is 0 Å². The monoisotopic (exact) mass is 217 g/mol. The molecule has 0 aromatic heterocycles. The fourth-order valence-electron chi connectivity index (χ4n) is 2.06. The summed E-state index contributed by atoms with van der Waals surface area (Å²) < 4.78 is 0. The Morgan fingerprint density at radius 1 is 1.20 bits per heavy atom. The molecule has 2 heteroatoms. The van der Waals surface area contributed by atoms with Gasteiger partial charge < -0.3 is 4.80 Å². The van der Waals surface area contributed by atoms with Crippen LogP contribution in [-0.2, 0) is 0 Å². The van der Waals surface area contributed by atoms with E-state index in [1.165, 1.54) is 23.6 Å². The Hall–Kier alpha value is -0.863. The van der Waals surface area contributed by atoms with Gasteiger partial charge in [-0.1, -0.05) is 35.5 Å². The quantitative estimate of drug-likeness (QED) is 0.753. The third kappa shape index (κ3) is 2.39. The van der Waals surface area contributed by atoms with Gasteiger partial charge in [0.25, 0.3) is 9.04 Å². The Morgan fingerprint density at radius 3 is 2.67 bits per heavy atom. The van der Waals surface area contributed by atoms with Gasteiger partial charge in [-0.25, -0.2) is 0 Å². The fraction of sp³-hybridized carbons (Fsp3) is 0.385. The molecule has 0 bridgehead atoms. The van der Waals surface area contributed by atoms with Gasteiger partial charge in [-0.05, 0) is 43.4 Å². The van der Waals surface area contributed by atoms with Gasteiger partial charge in [-0.3, -0.25) is 0 Å². The van der Waals surface area contributed by atoms with E-state index >= 15 is 0 Å². The molecule has 1 aromatic carbocycles. The molecular formula is C13H17OSi. The van der Waals surface area contributed by atoms with Gasteiger partial charge >= 0.3 is 0 Å². The van der Waals surface area contributed by atoms with Gasteiger partial charge in [0.2, 0.25) is 0 Å². The number of rotatable bonds is 2. The molecule has 0 amide bonds. The maximum Gasteiger partial charge on any atom is 0.275 e. The Morgan fingerprint density at radius 2 is 2.00 bits per heavy atom. The second-order valence-electron chi connectivity index (χ2n) is 4.14. The van der Waals surface area contributed by atoms with Crippen molar-refractivity contribution >= 4 is 14.2 Å². The normalized spacial score (nSPS) is 16.6. The average Bonchev–Trinajstić information content (AvgIpc) is 2.30. The van der Waals surface area contributed by atoms with E-state index in [-0.39, 0.29) is 0 Å². The van der Waals surface area contributed by atoms with Crippen LogP contribution in [0.5, 0.6) is 0 Å². The van der Waals surface area contributed by atoms with E-state index in [9.17, 15) is 4.80 Å². The van der Waals surface area contributed by atoms with Crippen molar-refractivity contribution in [2.45, 2.75) is 32.6 Å². The van der Waals surface area contributed by atoms with Gasteiger partial charge in [0.15, 0.2) is 0 Å². The first-order valence-electron chi connectivity index (χ1n) is 5.60. The first-order valence-corrected chi connectivity index (χ1v) is 7.05. The van der Waals surface area contributed by atoms with E-state index in [0.717, 1.165) is 18.0 Å². The molecule has 0 unspecified atom stereocenters. The molecule has 0 aliphatic heterocycles. The Bertz CT molecular complexity index is 371. The van der Waals surface area contributed by atoms with Crippen LogP contribution in [0.3, 0.4) is 0 Å². The molecule has 0 heterocycles. The molecule has 1 radical (unpaired) electrons. The highest BCUT2D eigenvalue weighted by atomic mass is 28.3. The van der Waals surface area contributed by atoms with Gasteiger partial charge in [-0.15, -0.1) is 0 Å². The molecule has 2 rings (SSSR count). The smallest absolute Gasteiger partial charge is 0.275 e. The molecule has 1 aromatic rings. The summed E-state index contributed by atoms with van der Waals surface area (Å²) in [7, 11) is -1.44. The summed E-state index contributed by atoms with van der Waals surface area (Å²) in [6.07, 6.45) is 7.03. The number of hydrogen-bond donors (Lipinski definition) is 1. The van der Waals surface area contributed by atoms with Crippen molar-refractivity contribution in [2.75, 3.05) is 0 Å². The molecule has 0 spiro atoms. The van der Waals surface area contributed by atoms with Crippen LogP contribution in [0.2, 0.25) is 0 Å². The zero-order valence-electron chi connectivity index (χ0n) is 9.16. The summed E-state index contributed by atoms with van der Waals surface area (Å²) in [4.78, 5) is 10.4. The van der Waals surface area contributed by atoms with E-state index < -0.39 is 9.04 Å². The molecular weight excluding hydrogens is 200 g/mol. The summed E-state index contributed by atoms with van der Waals surface area (Å²) in [6.45, 7) is 2.08. The van der Waals surface area contributed by atoms with Crippen LogP contribution in [0, 0.1) is 6.92 Å². The highest BCUT2D eigenvalue weighted by Crippen LogP contribution is 2.19. The molecule has 1 aliphatic rings. The van der Waals surface area contributed by atoms with E-state index in [2.05, 4.69) is 25.1 Å². The van der Waals surface area contributed by atoms with Crippen LogP contribution in [0.15, 0.2) is 35.5 Å². The zero-order chi connectivity index (χ0) is 10.7. The molecule has 0 saturated carbocycles. The van der Waals surface area contributed by atoms with E-state index in [0.29, 0.717) is 0 Å². The van der Waals surface area contributed by atoms with Crippen LogP contribution in [0.4, 0.5) is 0 Å². The Labute approximate surface area is 93.2 Å². The summed E-state index contributed by atoms with van der Waals surface area (Å²) >= 11 is 0. The number of allylic oxidation sites excluding steroid dienone is 2. The molecule has 0 fully saturated rings. The topological polar surface area (TPSA) is 20.2 Å². The standard InChI is InChI=1S/C13H17OSi/c1-11-7-5-6-10-13(11)15(14)12-8-3-2-4-9-12/h5-8,10,14H,2-4,9H2,1H3. The largest absolute Gasteiger partial charge is 0.424 e. The van der Waals surface area contributed by atoms with Gasteiger partial charge in [0.05, 0.1) is 0 Å². The number of hydrogen-bond acceptors (Lipinski definition) is 1. The molecule has 1 N–H and O–H groups in total. The SMILES string of the molecule is Cc1ccccc1[Si](O)C1=CCCCC1. The van der Waals surface area contributed by atoms with Crippen LogP contribution < -0.4 is 5.19 Å². The third-order valence-corrected chi connectivity index (χ3v) is 5.13. The molecule has 79 valence electrons. The van der Waals surface area contributed by atoms with Crippen LogP contribution in [0.1, 0.15) is 31.2 Å². The lowest BCUT2D eigenvalue weighted by molar-refractivity contribution is 0.584. The van der Waals surface area contributed by atoms with E-state index in [1.54, 1.807) is 0 Å². The van der Waals surface area contributed by atoms with Crippen molar-refractivity contribution in [1.29, 1.82) is 0 Å². The Balaban J connectivity index is 2.23. The molecule has 0 atom stereocenters. The second kappa shape index (κ2) is 4.77. The van der Waals surface area contributed by atoms with E-state index in [1.807, 2.05) is 12.1 Å². The summed E-state index contributed by atoms with van der Waals surface area (Å²) in [6, 6.07) is 8.20. The molecule has 15 heavy (non-hydrogen) atoms. The summed E-state index contributed by atoms with van der Waals surface area (Å²) in [5.41, 5.74) is 1.22. The maximum atomic E-state index is 10.4. The highest BCUT2D eigenvalue weighted by molar-refractivity contribution is 6.73. The highest BCUT2D eigenvalue weighted by Gasteiger charge is 2.20. The molecule has 1 aliphatic carbocycles. The number of benzene rings is 1. The maximum absolute atomic E-state index is 10.4. The van der Waals surface area contributed by atoms with Crippen molar-refractivity contribution in [3.63, 3.8) is 0 Å². The first-order chi connectivity index (χ1) is 7.29. The molecule has 0 saturated heterocycles. The van der Waals surface area contributed by atoms with Gasteiger partial charge in [0.1, 0.15) is 0 Å². The predicted molar refractivity (Wildman–Crippen MR) is 65.3 cm³/mol. The lowest BCUT2D eigenvalue weighted by Gasteiger charge is -2.17. The van der Waals surface area contributed by atoms with Crippen LogP contribution in [-0.4, -0.2) is 13.8 Å². The summed E-state index contributed by atoms with van der Waals surface area (Å²) in [5, 5.41) is 2.47. The second-order valence-corrected chi connectivity index (χ2v) is 6.02. The van der Waals surface area contributed by atoms with Gasteiger partial charge in [-0.2, -0.15) is 0 Å². The predicted octanol–water partition coefficient (Wildman–Crippen LogP) is 2.23. The van der Waals surface area contributed by atoms with Crippen LogP contribution in [0.25, 0.3) is 0 Å². The summed E-state index contributed by atoms with van der Waals surface area (Å²) in [5.74, 6) is 0. The average molecular weight is 217 g/mol.